The van der Waals surface area contributed by atoms with E-state index < -0.39 is 9.84 Å². The van der Waals surface area contributed by atoms with E-state index in [9.17, 15) is 12.8 Å². The van der Waals surface area contributed by atoms with Crippen molar-refractivity contribution >= 4 is 9.84 Å². The first kappa shape index (κ1) is 16.5. The van der Waals surface area contributed by atoms with Gasteiger partial charge in [-0.25, -0.2) is 12.8 Å². The molecule has 0 atom stereocenters. The number of hydrogen-bond donors (Lipinski definition) is 0. The van der Waals surface area contributed by atoms with Crippen LogP contribution in [0.4, 0.5) is 4.39 Å². The number of aromatic nitrogens is 1. The van der Waals surface area contributed by atoms with Gasteiger partial charge in [-0.1, -0.05) is 12.1 Å². The van der Waals surface area contributed by atoms with Crippen LogP contribution in [0, 0.1) is 19.7 Å². The Balaban J connectivity index is 2.15. The van der Waals surface area contributed by atoms with Crippen molar-refractivity contribution in [1.29, 1.82) is 0 Å². The van der Waals surface area contributed by atoms with Crippen LogP contribution in [0.25, 0.3) is 16.9 Å². The molecule has 24 heavy (non-hydrogen) atoms. The van der Waals surface area contributed by atoms with Crippen molar-refractivity contribution in [1.82, 2.24) is 4.57 Å². The normalized spacial score (nSPS) is 11.7. The van der Waals surface area contributed by atoms with E-state index in [1.54, 1.807) is 36.4 Å². The minimum absolute atomic E-state index is 0.278. The van der Waals surface area contributed by atoms with Gasteiger partial charge >= 0.3 is 0 Å². The van der Waals surface area contributed by atoms with Gasteiger partial charge in [0.2, 0.25) is 0 Å². The van der Waals surface area contributed by atoms with Crippen molar-refractivity contribution < 1.29 is 12.8 Å². The predicted octanol–water partition coefficient (Wildman–Crippen LogP) is 4.30. The summed E-state index contributed by atoms with van der Waals surface area (Å²) in [5.41, 5.74) is 4.88. The summed E-state index contributed by atoms with van der Waals surface area (Å²) in [5.74, 6) is -0.278. The van der Waals surface area contributed by atoms with Crippen LogP contribution in [0.3, 0.4) is 0 Å². The highest BCUT2D eigenvalue weighted by Crippen LogP contribution is 2.30. The van der Waals surface area contributed by atoms with Gasteiger partial charge in [0, 0.05) is 17.6 Å². The summed E-state index contributed by atoms with van der Waals surface area (Å²) in [6.45, 7) is 4.02. The summed E-state index contributed by atoms with van der Waals surface area (Å²) >= 11 is 0. The Morgan fingerprint density at radius 3 is 2.04 bits per heavy atom. The number of rotatable bonds is 3. The minimum Gasteiger partial charge on any atom is -0.314 e. The lowest BCUT2D eigenvalue weighted by molar-refractivity contribution is 0.602. The molecule has 0 unspecified atom stereocenters. The van der Waals surface area contributed by atoms with Crippen LogP contribution in [0.5, 0.6) is 0 Å². The first-order valence-corrected chi connectivity index (χ1v) is 9.42. The van der Waals surface area contributed by atoms with Gasteiger partial charge in [0.15, 0.2) is 9.84 Å². The SMILES string of the molecule is Cc1cc(-c2ccc(S(C)(=O)=O)cc2)n(-c2ccc(F)cc2)c1C. The molecule has 1 aromatic heterocycles. The van der Waals surface area contributed by atoms with Crippen LogP contribution >= 0.6 is 0 Å². The highest BCUT2D eigenvalue weighted by Gasteiger charge is 2.14. The van der Waals surface area contributed by atoms with Crippen LogP contribution in [-0.2, 0) is 9.84 Å². The van der Waals surface area contributed by atoms with Gasteiger partial charge in [0.05, 0.1) is 10.6 Å². The molecule has 0 saturated carbocycles. The fourth-order valence-corrected chi connectivity index (χ4v) is 3.37. The summed E-state index contributed by atoms with van der Waals surface area (Å²) in [5, 5.41) is 0. The van der Waals surface area contributed by atoms with Gasteiger partial charge in [0.1, 0.15) is 5.82 Å². The predicted molar refractivity (Wildman–Crippen MR) is 93.7 cm³/mol. The Kier molecular flexibility index (Phi) is 4.05. The quantitative estimate of drug-likeness (QED) is 0.711. The van der Waals surface area contributed by atoms with Gasteiger partial charge in [-0.3, -0.25) is 0 Å². The molecule has 0 aliphatic heterocycles. The van der Waals surface area contributed by atoms with Gasteiger partial charge in [-0.2, -0.15) is 0 Å². The van der Waals surface area contributed by atoms with Gasteiger partial charge in [0.25, 0.3) is 0 Å². The van der Waals surface area contributed by atoms with E-state index in [1.807, 2.05) is 24.5 Å². The van der Waals surface area contributed by atoms with Gasteiger partial charge in [-0.05, 0) is 67.4 Å². The molecule has 5 heteroatoms. The van der Waals surface area contributed by atoms with Crippen LogP contribution in [0.15, 0.2) is 59.5 Å². The van der Waals surface area contributed by atoms with E-state index in [1.165, 1.54) is 18.4 Å². The smallest absolute Gasteiger partial charge is 0.175 e. The van der Waals surface area contributed by atoms with E-state index in [4.69, 9.17) is 0 Å². The van der Waals surface area contributed by atoms with Crippen LogP contribution in [-0.4, -0.2) is 19.2 Å². The fraction of sp³-hybridized carbons (Fsp3) is 0.158. The first-order valence-electron chi connectivity index (χ1n) is 7.53. The number of sulfone groups is 1. The van der Waals surface area contributed by atoms with E-state index in [0.717, 1.165) is 28.2 Å². The molecule has 0 radical (unpaired) electrons. The molecule has 3 aromatic rings. The third kappa shape index (κ3) is 2.99. The molecular weight excluding hydrogens is 325 g/mol. The zero-order chi connectivity index (χ0) is 17.5. The van der Waals surface area contributed by atoms with Crippen molar-refractivity contribution in [2.45, 2.75) is 18.7 Å². The molecule has 3 rings (SSSR count). The van der Waals surface area contributed by atoms with Crippen molar-refractivity contribution in [2.75, 3.05) is 6.26 Å². The lowest BCUT2D eigenvalue weighted by atomic mass is 10.1. The Morgan fingerprint density at radius 2 is 1.50 bits per heavy atom. The van der Waals surface area contributed by atoms with Gasteiger partial charge in [-0.15, -0.1) is 0 Å². The summed E-state index contributed by atoms with van der Waals surface area (Å²) in [6.07, 6.45) is 1.19. The zero-order valence-corrected chi connectivity index (χ0v) is 14.6. The molecule has 0 fully saturated rings. The second kappa shape index (κ2) is 5.91. The van der Waals surface area contributed by atoms with E-state index in [0.29, 0.717) is 4.90 Å². The van der Waals surface area contributed by atoms with Crippen molar-refractivity contribution in [3.8, 4) is 16.9 Å². The maximum atomic E-state index is 13.2. The molecule has 0 aliphatic rings. The lowest BCUT2D eigenvalue weighted by Gasteiger charge is -2.12. The minimum atomic E-state index is -3.22. The molecule has 2 aromatic carbocycles. The largest absolute Gasteiger partial charge is 0.314 e. The van der Waals surface area contributed by atoms with Crippen LogP contribution in [0.1, 0.15) is 11.3 Å². The van der Waals surface area contributed by atoms with E-state index >= 15 is 0 Å². The number of halogens is 1. The third-order valence-corrected chi connectivity index (χ3v) is 5.29. The molecular formula is C19H18FNO2S. The third-order valence-electron chi connectivity index (χ3n) is 4.16. The molecule has 0 bridgehead atoms. The summed E-state index contributed by atoms with van der Waals surface area (Å²) in [6, 6.07) is 15.2. The molecule has 0 N–H and O–H groups in total. The maximum absolute atomic E-state index is 13.2. The van der Waals surface area contributed by atoms with Crippen LogP contribution < -0.4 is 0 Å². The number of hydrogen-bond acceptors (Lipinski definition) is 2. The molecule has 0 amide bonds. The van der Waals surface area contributed by atoms with Gasteiger partial charge < -0.3 is 4.57 Å². The van der Waals surface area contributed by atoms with Crippen LogP contribution in [0.2, 0.25) is 0 Å². The Labute approximate surface area is 141 Å². The maximum Gasteiger partial charge on any atom is 0.175 e. The highest BCUT2D eigenvalue weighted by atomic mass is 32.2. The topological polar surface area (TPSA) is 39.1 Å². The molecule has 1 heterocycles. The number of nitrogens with zero attached hydrogens (tertiary/aromatic N) is 1. The number of benzene rings is 2. The van der Waals surface area contributed by atoms with Crippen molar-refractivity contribution in [2.24, 2.45) is 0 Å². The Bertz CT molecular complexity index is 985. The standard InChI is InChI=1S/C19H18FNO2S/c1-13-12-19(15-4-10-18(11-5-15)24(3,22)23)21(14(13)2)17-8-6-16(20)7-9-17/h4-12H,1-3H3. The summed E-state index contributed by atoms with van der Waals surface area (Å²) in [7, 11) is -3.22. The summed E-state index contributed by atoms with van der Waals surface area (Å²) in [4.78, 5) is 0.291. The number of aryl methyl sites for hydroxylation is 1. The van der Waals surface area contributed by atoms with Crippen molar-refractivity contribution in [3.05, 3.63) is 71.7 Å². The molecule has 0 saturated heterocycles. The lowest BCUT2D eigenvalue weighted by Crippen LogP contribution is -2.00. The highest BCUT2D eigenvalue weighted by molar-refractivity contribution is 7.90. The second-order valence-electron chi connectivity index (χ2n) is 5.91. The fourth-order valence-electron chi connectivity index (χ4n) is 2.74. The average Bonchev–Trinajstić information content (AvgIpc) is 2.83. The monoisotopic (exact) mass is 343 g/mol. The Hall–Kier alpha value is -2.40. The zero-order valence-electron chi connectivity index (χ0n) is 13.7. The molecule has 0 aliphatic carbocycles. The molecule has 3 nitrogen and oxygen atoms in total. The molecule has 124 valence electrons. The van der Waals surface area contributed by atoms with E-state index in [2.05, 4.69) is 0 Å². The first-order chi connectivity index (χ1) is 11.3. The second-order valence-corrected chi connectivity index (χ2v) is 7.92. The average molecular weight is 343 g/mol. The van der Waals surface area contributed by atoms with E-state index in [-0.39, 0.29) is 5.82 Å². The van der Waals surface area contributed by atoms with Crippen molar-refractivity contribution in [3.63, 3.8) is 0 Å². The Morgan fingerprint density at radius 1 is 0.917 bits per heavy atom. The molecule has 0 spiro atoms. The summed E-state index contributed by atoms with van der Waals surface area (Å²) < 4.78 is 38.5.